The lowest BCUT2D eigenvalue weighted by Gasteiger charge is -2.12. The summed E-state index contributed by atoms with van der Waals surface area (Å²) in [5.41, 5.74) is 0.740. The molecule has 1 rings (SSSR count). The Morgan fingerprint density at radius 3 is 2.85 bits per heavy atom. The molecule has 0 aliphatic heterocycles. The molecule has 1 radical (unpaired) electrons. The molecule has 1 unspecified atom stereocenters. The number of ether oxygens (including phenoxy) is 1. The smallest absolute Gasteiger partial charge is 0.253 e. The highest BCUT2D eigenvalue weighted by Crippen LogP contribution is 2.14. The lowest BCUT2D eigenvalue weighted by atomic mass is 10.1. The van der Waals surface area contributed by atoms with E-state index >= 15 is 0 Å². The Morgan fingerprint density at radius 1 is 1.62 bits per heavy atom. The first kappa shape index (κ1) is 9.74. The molecule has 0 saturated carbocycles. The van der Waals surface area contributed by atoms with Gasteiger partial charge in [-0.1, -0.05) is 24.3 Å². The molecule has 1 atom stereocenters. The zero-order valence-corrected chi connectivity index (χ0v) is 7.70. The van der Waals surface area contributed by atoms with Crippen molar-refractivity contribution in [2.24, 2.45) is 0 Å². The van der Waals surface area contributed by atoms with Crippen molar-refractivity contribution in [2.45, 2.75) is 6.10 Å². The normalized spacial score (nSPS) is 12.2. The van der Waals surface area contributed by atoms with Gasteiger partial charge in [0.1, 0.15) is 0 Å². The number of rotatable bonds is 3. The van der Waals surface area contributed by atoms with Crippen molar-refractivity contribution in [3.63, 3.8) is 0 Å². The van der Waals surface area contributed by atoms with Gasteiger partial charge >= 0.3 is 0 Å². The van der Waals surface area contributed by atoms with Crippen molar-refractivity contribution < 1.29 is 9.53 Å². The fourth-order valence-corrected chi connectivity index (χ4v) is 1.08. The monoisotopic (exact) mass is 178 g/mol. The Balaban J connectivity index is 2.85. The number of amides is 1. The summed E-state index contributed by atoms with van der Waals surface area (Å²) in [4.78, 5) is 11.3. The highest BCUT2D eigenvalue weighted by Gasteiger charge is 2.17. The quantitative estimate of drug-likeness (QED) is 0.747. The van der Waals surface area contributed by atoms with E-state index < -0.39 is 6.10 Å². The molecular formula is C10H12NO2. The minimum Gasteiger partial charge on any atom is -0.367 e. The summed E-state index contributed by atoms with van der Waals surface area (Å²) in [6.07, 6.45) is -0.564. The van der Waals surface area contributed by atoms with E-state index in [0.29, 0.717) is 0 Å². The Morgan fingerprint density at radius 2 is 2.38 bits per heavy atom. The zero-order chi connectivity index (χ0) is 9.68. The first-order valence-corrected chi connectivity index (χ1v) is 4.00. The molecule has 1 N–H and O–H groups in total. The van der Waals surface area contributed by atoms with Crippen LogP contribution in [0.1, 0.15) is 11.7 Å². The van der Waals surface area contributed by atoms with Gasteiger partial charge in [-0.05, 0) is 11.6 Å². The van der Waals surface area contributed by atoms with Gasteiger partial charge in [-0.2, -0.15) is 0 Å². The average Bonchev–Trinajstić information content (AvgIpc) is 2.20. The van der Waals surface area contributed by atoms with E-state index in [-0.39, 0.29) is 5.91 Å². The Labute approximate surface area is 77.7 Å². The van der Waals surface area contributed by atoms with Crippen LogP contribution in [0, 0.1) is 6.07 Å². The van der Waals surface area contributed by atoms with E-state index in [4.69, 9.17) is 4.74 Å². The van der Waals surface area contributed by atoms with Crippen molar-refractivity contribution in [3.05, 3.63) is 35.9 Å². The van der Waals surface area contributed by atoms with Crippen LogP contribution in [-0.4, -0.2) is 20.1 Å². The molecule has 0 spiro atoms. The molecule has 0 saturated heterocycles. The third kappa shape index (κ3) is 2.29. The van der Waals surface area contributed by atoms with Gasteiger partial charge < -0.3 is 10.1 Å². The maximum absolute atomic E-state index is 11.3. The second-order valence-corrected chi connectivity index (χ2v) is 2.55. The molecule has 69 valence electrons. The molecule has 3 heteroatoms. The third-order valence-corrected chi connectivity index (χ3v) is 1.74. The summed E-state index contributed by atoms with van der Waals surface area (Å²) < 4.78 is 5.05. The van der Waals surface area contributed by atoms with Crippen LogP contribution in [0.4, 0.5) is 0 Å². The Hall–Kier alpha value is -1.35. The van der Waals surface area contributed by atoms with Crippen LogP contribution in [0.5, 0.6) is 0 Å². The molecule has 13 heavy (non-hydrogen) atoms. The Kier molecular flexibility index (Phi) is 3.46. The molecule has 3 nitrogen and oxygen atoms in total. The maximum Gasteiger partial charge on any atom is 0.253 e. The second-order valence-electron chi connectivity index (χ2n) is 2.55. The molecule has 0 aliphatic carbocycles. The molecule has 0 fully saturated rings. The summed E-state index contributed by atoms with van der Waals surface area (Å²) in [6.45, 7) is 0. The molecule has 0 aliphatic rings. The molecule has 1 aromatic rings. The molecule has 1 amide bonds. The van der Waals surface area contributed by atoms with E-state index in [2.05, 4.69) is 11.4 Å². The lowest BCUT2D eigenvalue weighted by molar-refractivity contribution is -0.130. The fourth-order valence-electron chi connectivity index (χ4n) is 1.08. The second kappa shape index (κ2) is 4.62. The molecule has 1 aromatic carbocycles. The maximum atomic E-state index is 11.3. The standard InChI is InChI=1S/C10H12NO2/c1-11-10(12)9(13-2)8-6-4-3-5-7-8/h3-6,9H,1-2H3,(H,11,12). The van der Waals surface area contributed by atoms with E-state index in [1.165, 1.54) is 7.11 Å². The predicted octanol–water partition coefficient (Wildman–Crippen LogP) is 0.920. The Bertz CT molecular complexity index is 272. The first-order chi connectivity index (χ1) is 6.29. The van der Waals surface area contributed by atoms with Crippen molar-refractivity contribution >= 4 is 5.91 Å². The number of hydrogen-bond acceptors (Lipinski definition) is 2. The van der Waals surface area contributed by atoms with E-state index in [0.717, 1.165) is 5.56 Å². The van der Waals surface area contributed by atoms with Crippen LogP contribution in [0.3, 0.4) is 0 Å². The van der Waals surface area contributed by atoms with E-state index in [1.807, 2.05) is 18.2 Å². The predicted molar refractivity (Wildman–Crippen MR) is 49.1 cm³/mol. The number of hydrogen-bond donors (Lipinski definition) is 1. The van der Waals surface area contributed by atoms with Gasteiger partial charge in [-0.15, -0.1) is 0 Å². The molecule has 0 bridgehead atoms. The number of carbonyl (C=O) groups excluding carboxylic acids is 1. The van der Waals surface area contributed by atoms with Crippen molar-refractivity contribution in [2.75, 3.05) is 14.2 Å². The highest BCUT2D eigenvalue weighted by atomic mass is 16.5. The highest BCUT2D eigenvalue weighted by molar-refractivity contribution is 5.81. The van der Waals surface area contributed by atoms with Crippen LogP contribution < -0.4 is 5.32 Å². The van der Waals surface area contributed by atoms with Gasteiger partial charge in [-0.3, -0.25) is 4.79 Å². The van der Waals surface area contributed by atoms with Gasteiger partial charge in [0, 0.05) is 14.2 Å². The minimum absolute atomic E-state index is 0.162. The minimum atomic E-state index is -0.564. The topological polar surface area (TPSA) is 38.3 Å². The van der Waals surface area contributed by atoms with Gasteiger partial charge in [0.15, 0.2) is 6.10 Å². The van der Waals surface area contributed by atoms with Gasteiger partial charge in [0.25, 0.3) is 5.91 Å². The SMILES string of the molecule is CNC(=O)C(OC)c1[c]cccc1. The van der Waals surface area contributed by atoms with E-state index in [9.17, 15) is 4.79 Å². The van der Waals surface area contributed by atoms with Crippen LogP contribution in [0.2, 0.25) is 0 Å². The van der Waals surface area contributed by atoms with Gasteiger partial charge in [-0.25, -0.2) is 0 Å². The summed E-state index contributed by atoms with van der Waals surface area (Å²) in [5, 5.41) is 2.53. The van der Waals surface area contributed by atoms with Crippen LogP contribution in [-0.2, 0) is 9.53 Å². The van der Waals surface area contributed by atoms with E-state index in [1.54, 1.807) is 13.1 Å². The van der Waals surface area contributed by atoms with Gasteiger partial charge in [0.05, 0.1) is 0 Å². The molecule has 0 aromatic heterocycles. The van der Waals surface area contributed by atoms with Crippen LogP contribution >= 0.6 is 0 Å². The summed E-state index contributed by atoms with van der Waals surface area (Å²) in [5.74, 6) is -0.162. The number of carbonyl (C=O) groups is 1. The molecular weight excluding hydrogens is 166 g/mol. The average molecular weight is 178 g/mol. The van der Waals surface area contributed by atoms with Crippen LogP contribution in [0.25, 0.3) is 0 Å². The number of likely N-dealkylation sites (N-methyl/N-ethyl adjacent to an activating group) is 1. The number of benzene rings is 1. The number of nitrogens with one attached hydrogen (secondary N) is 1. The van der Waals surface area contributed by atoms with Gasteiger partial charge in [0.2, 0.25) is 0 Å². The van der Waals surface area contributed by atoms with Crippen LogP contribution in [0.15, 0.2) is 24.3 Å². The largest absolute Gasteiger partial charge is 0.367 e. The summed E-state index contributed by atoms with van der Waals surface area (Å²) >= 11 is 0. The van der Waals surface area contributed by atoms with Crippen molar-refractivity contribution in [1.82, 2.24) is 5.32 Å². The third-order valence-electron chi connectivity index (χ3n) is 1.74. The lowest BCUT2D eigenvalue weighted by Crippen LogP contribution is -2.26. The zero-order valence-electron chi connectivity index (χ0n) is 7.70. The van der Waals surface area contributed by atoms with Crippen molar-refractivity contribution in [3.8, 4) is 0 Å². The molecule has 0 heterocycles. The first-order valence-electron chi connectivity index (χ1n) is 4.00. The van der Waals surface area contributed by atoms with Crippen molar-refractivity contribution in [1.29, 1.82) is 0 Å². The summed E-state index contributed by atoms with van der Waals surface area (Å²) in [7, 11) is 3.08. The fraction of sp³-hybridized carbons (Fsp3) is 0.300. The number of methoxy groups -OCH3 is 1. The summed E-state index contributed by atoms with van der Waals surface area (Å²) in [6, 6.07) is 10.2.